The van der Waals surface area contributed by atoms with Crippen molar-refractivity contribution in [3.8, 4) is 5.75 Å². The van der Waals surface area contributed by atoms with Crippen LogP contribution in [-0.4, -0.2) is 25.2 Å². The van der Waals surface area contributed by atoms with Crippen LogP contribution in [0.3, 0.4) is 0 Å². The number of primary amides is 1. The van der Waals surface area contributed by atoms with Gasteiger partial charge in [0.15, 0.2) is 0 Å². The summed E-state index contributed by atoms with van der Waals surface area (Å²) in [5, 5.41) is 0. The van der Waals surface area contributed by atoms with Crippen LogP contribution in [0.15, 0.2) is 18.2 Å². The van der Waals surface area contributed by atoms with E-state index in [0.717, 1.165) is 12.2 Å². The van der Waals surface area contributed by atoms with Crippen LogP contribution in [0.2, 0.25) is 0 Å². The molecule has 1 aliphatic rings. The Bertz CT molecular complexity index is 420. The highest BCUT2D eigenvalue weighted by Gasteiger charge is 2.22. The van der Waals surface area contributed by atoms with Gasteiger partial charge in [-0.25, -0.2) is 0 Å². The standard InChI is InChI=1S/C12H16N2O3/c1-8-2-3-11-9(4-8)5-10(17-11)6-14-16-7-12(13)15/h2-4,10,14H,5-7H2,1H3,(H2,13,15). The van der Waals surface area contributed by atoms with Crippen molar-refractivity contribution >= 4 is 5.91 Å². The predicted molar refractivity (Wildman–Crippen MR) is 62.4 cm³/mol. The third-order valence-corrected chi connectivity index (χ3v) is 2.58. The maximum Gasteiger partial charge on any atom is 0.245 e. The Morgan fingerprint density at radius 3 is 3.24 bits per heavy atom. The molecule has 0 aliphatic carbocycles. The summed E-state index contributed by atoms with van der Waals surface area (Å²) >= 11 is 0. The number of carbonyl (C=O) groups is 1. The second kappa shape index (κ2) is 5.16. The molecule has 3 N–H and O–H groups in total. The van der Waals surface area contributed by atoms with Gasteiger partial charge in [-0.15, -0.1) is 0 Å². The van der Waals surface area contributed by atoms with E-state index < -0.39 is 5.91 Å². The Kier molecular flexibility index (Phi) is 3.61. The van der Waals surface area contributed by atoms with E-state index in [9.17, 15) is 4.79 Å². The van der Waals surface area contributed by atoms with Crippen molar-refractivity contribution in [1.29, 1.82) is 0 Å². The Morgan fingerprint density at radius 1 is 1.65 bits per heavy atom. The number of aryl methyl sites for hydroxylation is 1. The molecule has 2 rings (SSSR count). The van der Waals surface area contributed by atoms with Crippen LogP contribution in [-0.2, 0) is 16.1 Å². The number of carbonyl (C=O) groups excluding carboxylic acids is 1. The molecule has 92 valence electrons. The third kappa shape index (κ3) is 3.18. The highest BCUT2D eigenvalue weighted by molar-refractivity contribution is 5.74. The fraction of sp³-hybridized carbons (Fsp3) is 0.417. The molecule has 0 bridgehead atoms. The number of nitrogens with two attached hydrogens (primary N) is 1. The first-order valence-corrected chi connectivity index (χ1v) is 5.54. The molecule has 0 spiro atoms. The smallest absolute Gasteiger partial charge is 0.245 e. The molecule has 1 heterocycles. The van der Waals surface area contributed by atoms with Gasteiger partial charge >= 0.3 is 0 Å². The molecule has 1 aromatic carbocycles. The zero-order valence-corrected chi connectivity index (χ0v) is 9.73. The Morgan fingerprint density at radius 2 is 2.47 bits per heavy atom. The molecule has 1 unspecified atom stereocenters. The van der Waals surface area contributed by atoms with Crippen LogP contribution >= 0.6 is 0 Å². The average Bonchev–Trinajstić information content (AvgIpc) is 2.66. The molecule has 0 saturated carbocycles. The first-order chi connectivity index (χ1) is 8.15. The molecule has 5 nitrogen and oxygen atoms in total. The molecule has 0 fully saturated rings. The summed E-state index contributed by atoms with van der Waals surface area (Å²) < 4.78 is 5.71. The van der Waals surface area contributed by atoms with Crippen LogP contribution in [0, 0.1) is 6.92 Å². The van der Waals surface area contributed by atoms with E-state index in [-0.39, 0.29) is 12.7 Å². The molecule has 0 saturated heterocycles. The topological polar surface area (TPSA) is 73.6 Å². The molecule has 0 radical (unpaired) electrons. The molecular formula is C12H16N2O3. The zero-order chi connectivity index (χ0) is 12.3. The molecule has 5 heteroatoms. The van der Waals surface area contributed by atoms with Crippen molar-refractivity contribution in [1.82, 2.24) is 5.48 Å². The maximum absolute atomic E-state index is 10.4. The van der Waals surface area contributed by atoms with E-state index in [4.69, 9.17) is 15.3 Å². The van der Waals surface area contributed by atoms with Crippen LogP contribution in [0.5, 0.6) is 5.75 Å². The summed E-state index contributed by atoms with van der Waals surface area (Å²) in [5.41, 5.74) is 10.1. The number of fused-ring (bicyclic) bond motifs is 1. The monoisotopic (exact) mass is 236 g/mol. The van der Waals surface area contributed by atoms with Gasteiger partial charge in [0.25, 0.3) is 0 Å². The number of nitrogens with one attached hydrogen (secondary N) is 1. The van der Waals surface area contributed by atoms with Gasteiger partial charge < -0.3 is 10.5 Å². The second-order valence-corrected chi connectivity index (χ2v) is 4.16. The number of hydrogen-bond donors (Lipinski definition) is 2. The Balaban J connectivity index is 1.78. The van der Waals surface area contributed by atoms with E-state index >= 15 is 0 Å². The van der Waals surface area contributed by atoms with Crippen molar-refractivity contribution in [3.63, 3.8) is 0 Å². The lowest BCUT2D eigenvalue weighted by molar-refractivity contribution is -0.125. The fourth-order valence-corrected chi connectivity index (χ4v) is 1.84. The third-order valence-electron chi connectivity index (χ3n) is 2.58. The Hall–Kier alpha value is -1.59. The second-order valence-electron chi connectivity index (χ2n) is 4.16. The molecule has 1 aromatic rings. The van der Waals surface area contributed by atoms with E-state index in [1.807, 2.05) is 12.1 Å². The summed E-state index contributed by atoms with van der Waals surface area (Å²) in [6, 6.07) is 6.13. The van der Waals surface area contributed by atoms with E-state index in [1.165, 1.54) is 11.1 Å². The number of hydrogen-bond acceptors (Lipinski definition) is 4. The van der Waals surface area contributed by atoms with Crippen LogP contribution in [0.25, 0.3) is 0 Å². The number of hydroxylamine groups is 1. The first-order valence-electron chi connectivity index (χ1n) is 5.54. The maximum atomic E-state index is 10.4. The molecular weight excluding hydrogens is 220 g/mol. The summed E-state index contributed by atoms with van der Waals surface area (Å²) in [6.45, 7) is 2.46. The van der Waals surface area contributed by atoms with Gasteiger partial charge in [0.05, 0.1) is 6.54 Å². The van der Waals surface area contributed by atoms with Crippen molar-refractivity contribution in [3.05, 3.63) is 29.3 Å². The minimum Gasteiger partial charge on any atom is -0.488 e. The molecule has 0 aromatic heterocycles. The fourth-order valence-electron chi connectivity index (χ4n) is 1.84. The quantitative estimate of drug-likeness (QED) is 0.570. The lowest BCUT2D eigenvalue weighted by atomic mass is 10.1. The van der Waals surface area contributed by atoms with Crippen LogP contribution in [0.1, 0.15) is 11.1 Å². The van der Waals surface area contributed by atoms with Crippen molar-refractivity contribution in [2.45, 2.75) is 19.4 Å². The highest BCUT2D eigenvalue weighted by atomic mass is 16.6. The highest BCUT2D eigenvalue weighted by Crippen LogP contribution is 2.29. The van der Waals surface area contributed by atoms with E-state index in [2.05, 4.69) is 18.5 Å². The van der Waals surface area contributed by atoms with Gasteiger partial charge in [0.2, 0.25) is 5.91 Å². The molecule has 1 aliphatic heterocycles. The van der Waals surface area contributed by atoms with Gasteiger partial charge in [0.1, 0.15) is 18.5 Å². The summed E-state index contributed by atoms with van der Waals surface area (Å²) in [4.78, 5) is 15.3. The van der Waals surface area contributed by atoms with Gasteiger partial charge in [-0.05, 0) is 18.6 Å². The van der Waals surface area contributed by atoms with Gasteiger partial charge in [0, 0.05) is 6.42 Å². The number of benzene rings is 1. The predicted octanol–water partition coefficient (Wildman–Crippen LogP) is 0.305. The lowest BCUT2D eigenvalue weighted by Gasteiger charge is -2.11. The number of amides is 1. The van der Waals surface area contributed by atoms with Crippen molar-refractivity contribution in [2.24, 2.45) is 5.73 Å². The number of rotatable bonds is 5. The van der Waals surface area contributed by atoms with Gasteiger partial charge in [-0.3, -0.25) is 9.63 Å². The minimum atomic E-state index is -0.497. The summed E-state index contributed by atoms with van der Waals surface area (Å²) in [7, 11) is 0. The van der Waals surface area contributed by atoms with E-state index in [0.29, 0.717) is 6.54 Å². The van der Waals surface area contributed by atoms with Crippen molar-refractivity contribution in [2.75, 3.05) is 13.2 Å². The van der Waals surface area contributed by atoms with Crippen LogP contribution < -0.4 is 16.0 Å². The van der Waals surface area contributed by atoms with E-state index in [1.54, 1.807) is 0 Å². The molecule has 1 atom stereocenters. The Labute approximate surface area is 99.8 Å². The molecule has 17 heavy (non-hydrogen) atoms. The normalized spacial score (nSPS) is 17.6. The summed E-state index contributed by atoms with van der Waals surface area (Å²) in [5.74, 6) is 0.432. The van der Waals surface area contributed by atoms with Gasteiger partial charge in [-0.2, -0.15) is 5.48 Å². The van der Waals surface area contributed by atoms with Crippen molar-refractivity contribution < 1.29 is 14.4 Å². The first kappa shape index (κ1) is 11.9. The minimum absolute atomic E-state index is 0.0414. The average molecular weight is 236 g/mol. The number of ether oxygens (including phenoxy) is 1. The largest absolute Gasteiger partial charge is 0.488 e. The SMILES string of the molecule is Cc1ccc2c(c1)CC(CNOCC(N)=O)O2. The summed E-state index contributed by atoms with van der Waals surface area (Å²) in [6.07, 6.45) is 0.893. The van der Waals surface area contributed by atoms with Gasteiger partial charge in [-0.1, -0.05) is 17.7 Å². The van der Waals surface area contributed by atoms with Crippen LogP contribution in [0.4, 0.5) is 0 Å². The zero-order valence-electron chi connectivity index (χ0n) is 9.73. The molecule has 1 amide bonds. The lowest BCUT2D eigenvalue weighted by Crippen LogP contribution is -2.32.